The van der Waals surface area contributed by atoms with Crippen molar-refractivity contribution in [2.75, 3.05) is 13.0 Å². The summed E-state index contributed by atoms with van der Waals surface area (Å²) in [7, 11) is 1.19. The Morgan fingerprint density at radius 1 is 1.00 bits per heavy atom. The minimum Gasteiger partial charge on any atom is -0.467 e. The zero-order chi connectivity index (χ0) is 21.4. The lowest BCUT2D eigenvalue weighted by Gasteiger charge is -2.32. The van der Waals surface area contributed by atoms with Crippen LogP contribution in [0.1, 0.15) is 61.3 Å². The van der Waals surface area contributed by atoms with Crippen molar-refractivity contribution in [1.82, 2.24) is 4.90 Å². The predicted molar refractivity (Wildman–Crippen MR) is 104 cm³/mol. The highest BCUT2D eigenvalue weighted by molar-refractivity contribution is 6.19. The van der Waals surface area contributed by atoms with Crippen LogP contribution >= 0.6 is 11.6 Å². The summed E-state index contributed by atoms with van der Waals surface area (Å²) in [5.74, 6) is -0.381. The van der Waals surface area contributed by atoms with Crippen molar-refractivity contribution in [2.24, 2.45) is 0 Å². The van der Waals surface area contributed by atoms with Gasteiger partial charge in [-0.2, -0.15) is 4.90 Å². The Balaban J connectivity index is 5.77. The third-order valence-electron chi connectivity index (χ3n) is 3.11. The van der Waals surface area contributed by atoms with Gasteiger partial charge in [-0.25, -0.2) is 14.4 Å². The molecule has 8 heteroatoms. The Bertz CT molecular complexity index is 532. The van der Waals surface area contributed by atoms with Crippen LogP contribution in [0.25, 0.3) is 0 Å². The van der Waals surface area contributed by atoms with E-state index in [0.717, 1.165) is 5.57 Å². The number of alkyl halides is 1. The summed E-state index contributed by atoms with van der Waals surface area (Å²) < 4.78 is 15.4. The van der Waals surface area contributed by atoms with Gasteiger partial charge in [-0.05, 0) is 61.3 Å². The fourth-order valence-corrected chi connectivity index (χ4v) is 2.09. The molecule has 0 radical (unpaired) electrons. The number of amides is 2. The number of rotatable bonds is 6. The number of carbonyl (C=O) groups excluding carboxylic acids is 3. The minimum atomic E-state index is -1.18. The first-order valence-corrected chi connectivity index (χ1v) is 9.30. The first-order chi connectivity index (χ1) is 12.2. The van der Waals surface area contributed by atoms with Crippen LogP contribution in [0.2, 0.25) is 0 Å². The van der Waals surface area contributed by atoms with E-state index in [1.807, 2.05) is 13.0 Å². The Hall–Kier alpha value is -1.76. The number of methoxy groups -OCH3 is 1. The Morgan fingerprint density at radius 2 is 1.44 bits per heavy atom. The maximum atomic E-state index is 12.7. The van der Waals surface area contributed by atoms with E-state index >= 15 is 0 Å². The molecule has 0 N–H and O–H groups in total. The lowest BCUT2D eigenvalue weighted by Crippen LogP contribution is -2.52. The smallest absolute Gasteiger partial charge is 0.420 e. The van der Waals surface area contributed by atoms with Gasteiger partial charge in [-0.1, -0.05) is 11.6 Å². The maximum Gasteiger partial charge on any atom is 0.420 e. The average Bonchev–Trinajstić information content (AvgIpc) is 2.49. The van der Waals surface area contributed by atoms with E-state index in [1.54, 1.807) is 41.5 Å². The zero-order valence-electron chi connectivity index (χ0n) is 17.6. The summed E-state index contributed by atoms with van der Waals surface area (Å²) in [6, 6.07) is -1.18. The summed E-state index contributed by atoms with van der Waals surface area (Å²) in [4.78, 5) is 38.3. The predicted octanol–water partition coefficient (Wildman–Crippen LogP) is 4.67. The van der Waals surface area contributed by atoms with Crippen molar-refractivity contribution in [3.8, 4) is 0 Å². The van der Waals surface area contributed by atoms with Gasteiger partial charge in [0.1, 0.15) is 17.2 Å². The second-order valence-electron chi connectivity index (χ2n) is 8.13. The molecule has 0 aromatic rings. The van der Waals surface area contributed by atoms with Crippen LogP contribution in [0.4, 0.5) is 9.59 Å². The van der Waals surface area contributed by atoms with Gasteiger partial charge >= 0.3 is 18.2 Å². The molecule has 0 aromatic heterocycles. The molecule has 0 saturated carbocycles. The molecule has 156 valence electrons. The molecule has 0 heterocycles. The monoisotopic (exact) mass is 405 g/mol. The van der Waals surface area contributed by atoms with Crippen LogP contribution < -0.4 is 0 Å². The summed E-state index contributed by atoms with van der Waals surface area (Å²) in [5, 5.41) is 0. The first-order valence-electron chi connectivity index (χ1n) is 8.76. The van der Waals surface area contributed by atoms with Gasteiger partial charge in [0.2, 0.25) is 0 Å². The van der Waals surface area contributed by atoms with Crippen LogP contribution in [0.3, 0.4) is 0 Å². The molecule has 0 unspecified atom stereocenters. The van der Waals surface area contributed by atoms with E-state index in [4.69, 9.17) is 25.8 Å². The molecule has 0 fully saturated rings. The van der Waals surface area contributed by atoms with Crippen molar-refractivity contribution in [1.29, 1.82) is 0 Å². The Kier molecular flexibility index (Phi) is 9.86. The van der Waals surface area contributed by atoms with E-state index in [2.05, 4.69) is 0 Å². The lowest BCUT2D eigenvalue weighted by atomic mass is 10.1. The Morgan fingerprint density at radius 3 is 1.78 bits per heavy atom. The van der Waals surface area contributed by atoms with Crippen LogP contribution in [-0.4, -0.2) is 53.3 Å². The van der Waals surface area contributed by atoms with Gasteiger partial charge < -0.3 is 14.2 Å². The number of hydrogen-bond donors (Lipinski definition) is 0. The van der Waals surface area contributed by atoms with Crippen molar-refractivity contribution in [3.63, 3.8) is 0 Å². The van der Waals surface area contributed by atoms with Crippen LogP contribution in [-0.2, 0) is 19.0 Å². The van der Waals surface area contributed by atoms with Crippen molar-refractivity contribution in [2.45, 2.75) is 78.6 Å². The number of esters is 1. The number of halogens is 1. The van der Waals surface area contributed by atoms with E-state index in [9.17, 15) is 14.4 Å². The van der Waals surface area contributed by atoms with Crippen molar-refractivity contribution < 1.29 is 28.6 Å². The average molecular weight is 406 g/mol. The highest BCUT2D eigenvalue weighted by Gasteiger charge is 2.40. The standard InChI is InChI=1S/C19H32ClNO6/c1-13(12-20)10-9-11-14(15(22)25-8)21(16(23)26-18(2,3)4)17(24)27-19(5,6)7/h10,14H,9,11-12H2,1-8H3/t14-/m0/s1. The number of ether oxygens (including phenoxy) is 3. The number of carbonyl (C=O) groups is 3. The summed E-state index contributed by atoms with van der Waals surface area (Å²) in [5.41, 5.74) is -0.790. The van der Waals surface area contributed by atoms with E-state index < -0.39 is 35.4 Å². The maximum absolute atomic E-state index is 12.7. The second kappa shape index (κ2) is 10.5. The van der Waals surface area contributed by atoms with Gasteiger partial charge in [0.25, 0.3) is 0 Å². The fraction of sp³-hybridized carbons (Fsp3) is 0.737. The minimum absolute atomic E-state index is 0.152. The molecule has 0 aliphatic carbocycles. The first kappa shape index (κ1) is 25.2. The molecule has 1 atom stereocenters. The molecule has 0 aromatic carbocycles. The molecule has 0 rings (SSSR count). The van der Waals surface area contributed by atoms with Gasteiger partial charge in [0.05, 0.1) is 7.11 Å². The zero-order valence-corrected chi connectivity index (χ0v) is 18.3. The third-order valence-corrected chi connectivity index (χ3v) is 3.53. The summed E-state index contributed by atoms with van der Waals surface area (Å²) in [6.45, 7) is 11.8. The molecule has 0 aliphatic rings. The lowest BCUT2D eigenvalue weighted by molar-refractivity contribution is -0.146. The van der Waals surface area contributed by atoms with Crippen LogP contribution in [0, 0.1) is 0 Å². The Labute approximate surface area is 167 Å². The van der Waals surface area contributed by atoms with Crippen molar-refractivity contribution in [3.05, 3.63) is 11.6 Å². The van der Waals surface area contributed by atoms with Crippen LogP contribution in [0.5, 0.6) is 0 Å². The largest absolute Gasteiger partial charge is 0.467 e. The van der Waals surface area contributed by atoms with Crippen molar-refractivity contribution >= 4 is 29.8 Å². The molecule has 0 bridgehead atoms. The number of imide groups is 1. The number of nitrogens with zero attached hydrogens (tertiary/aromatic N) is 1. The summed E-state index contributed by atoms with van der Waals surface area (Å²) in [6.07, 6.45) is 0.473. The molecule has 27 heavy (non-hydrogen) atoms. The van der Waals surface area contributed by atoms with Crippen LogP contribution in [0.15, 0.2) is 11.6 Å². The normalized spacial score (nSPS) is 13.6. The molecule has 0 saturated heterocycles. The van der Waals surface area contributed by atoms with Gasteiger partial charge in [-0.15, -0.1) is 11.6 Å². The highest BCUT2D eigenvalue weighted by Crippen LogP contribution is 2.20. The van der Waals surface area contributed by atoms with E-state index in [-0.39, 0.29) is 6.42 Å². The molecule has 0 aliphatic heterocycles. The fourth-order valence-electron chi connectivity index (χ4n) is 1.98. The molecular weight excluding hydrogens is 374 g/mol. The second-order valence-corrected chi connectivity index (χ2v) is 8.40. The quantitative estimate of drug-likeness (QED) is 0.276. The third kappa shape index (κ3) is 10.2. The molecular formula is C19H32ClNO6. The van der Waals surface area contributed by atoms with Gasteiger partial charge in [0.15, 0.2) is 0 Å². The number of hydrogen-bond acceptors (Lipinski definition) is 6. The van der Waals surface area contributed by atoms with E-state index in [0.29, 0.717) is 17.2 Å². The summed E-state index contributed by atoms with van der Waals surface area (Å²) >= 11 is 5.75. The topological polar surface area (TPSA) is 82.1 Å². The van der Waals surface area contributed by atoms with E-state index in [1.165, 1.54) is 7.11 Å². The van der Waals surface area contributed by atoms with Gasteiger partial charge in [0, 0.05) is 5.88 Å². The highest BCUT2D eigenvalue weighted by atomic mass is 35.5. The molecule has 7 nitrogen and oxygen atoms in total. The van der Waals surface area contributed by atoms with Gasteiger partial charge in [-0.3, -0.25) is 0 Å². The molecule has 2 amide bonds. The SMILES string of the molecule is COC(=O)[C@H](CCC=C(C)CCl)N(C(=O)OC(C)(C)C)C(=O)OC(C)(C)C. The molecule has 0 spiro atoms. The number of allylic oxidation sites excluding steroid dienone is 2.